The van der Waals surface area contributed by atoms with Crippen molar-refractivity contribution in [3.05, 3.63) is 33.6 Å². The van der Waals surface area contributed by atoms with Crippen molar-refractivity contribution in [2.75, 3.05) is 0 Å². The molecule has 118 valence electrons. The fourth-order valence-electron chi connectivity index (χ4n) is 2.14. The van der Waals surface area contributed by atoms with E-state index in [-0.39, 0.29) is 12.3 Å². The Hall–Kier alpha value is -2.13. The topological polar surface area (TPSA) is 107 Å². The highest BCUT2D eigenvalue weighted by atomic mass is 28.3. The van der Waals surface area contributed by atoms with Crippen LogP contribution in [0.15, 0.2) is 12.1 Å². The molecule has 2 aromatic rings. The summed E-state index contributed by atoms with van der Waals surface area (Å²) >= 11 is 0. The molecule has 2 rings (SSSR count). The molecule has 0 aliphatic carbocycles. The quantitative estimate of drug-likeness (QED) is 0.512. The second-order valence-corrected chi connectivity index (χ2v) is 11.8. The molecule has 0 spiro atoms. The van der Waals surface area contributed by atoms with E-state index in [1.807, 2.05) is 0 Å². The maximum atomic E-state index is 10.9. The van der Waals surface area contributed by atoms with E-state index in [0.717, 1.165) is 6.17 Å². The van der Waals surface area contributed by atoms with E-state index in [9.17, 15) is 15.2 Å². The molecule has 0 amide bonds. The number of nitro groups is 1. The first kappa shape index (κ1) is 16.2. The van der Waals surface area contributed by atoms with Crippen LogP contribution in [0, 0.1) is 17.0 Å². The van der Waals surface area contributed by atoms with Gasteiger partial charge in [-0.05, 0) is 13.0 Å². The number of nitrogens with zero attached hydrogens (tertiary/aromatic N) is 5. The predicted molar refractivity (Wildman–Crippen MR) is 83.9 cm³/mol. The van der Waals surface area contributed by atoms with Crippen molar-refractivity contribution in [3.8, 4) is 11.4 Å². The molecule has 0 aromatic carbocycles. The number of pyridine rings is 1. The van der Waals surface area contributed by atoms with Gasteiger partial charge in [0.15, 0.2) is 0 Å². The zero-order chi connectivity index (χ0) is 16.5. The first-order chi connectivity index (χ1) is 10.2. The van der Waals surface area contributed by atoms with E-state index in [0.29, 0.717) is 22.8 Å². The zero-order valence-electron chi connectivity index (χ0n) is 13.1. The minimum Gasteiger partial charge on any atom is -0.390 e. The van der Waals surface area contributed by atoms with Gasteiger partial charge in [0.25, 0.3) is 5.69 Å². The molecule has 0 saturated heterocycles. The van der Waals surface area contributed by atoms with Gasteiger partial charge >= 0.3 is 0 Å². The molecule has 0 unspecified atom stereocenters. The lowest BCUT2D eigenvalue weighted by Gasteiger charge is -2.16. The van der Waals surface area contributed by atoms with E-state index < -0.39 is 13.0 Å². The first-order valence-corrected chi connectivity index (χ1v) is 10.6. The molecule has 9 heteroatoms. The van der Waals surface area contributed by atoms with Crippen molar-refractivity contribution in [1.29, 1.82) is 0 Å². The van der Waals surface area contributed by atoms with Crippen LogP contribution in [0.5, 0.6) is 0 Å². The third-order valence-corrected chi connectivity index (χ3v) is 4.36. The van der Waals surface area contributed by atoms with E-state index >= 15 is 0 Å². The van der Waals surface area contributed by atoms with E-state index in [2.05, 4.69) is 34.9 Å². The Balaban J connectivity index is 2.45. The fraction of sp³-hybridized carbons (Fsp3) is 0.462. The minimum absolute atomic E-state index is 0.0382. The van der Waals surface area contributed by atoms with E-state index in [1.165, 1.54) is 12.1 Å². The maximum Gasteiger partial charge on any atom is 0.290 e. The van der Waals surface area contributed by atoms with Crippen LogP contribution in [0.2, 0.25) is 19.6 Å². The highest BCUT2D eigenvalue weighted by Crippen LogP contribution is 2.24. The lowest BCUT2D eigenvalue weighted by molar-refractivity contribution is -0.385. The van der Waals surface area contributed by atoms with Crippen molar-refractivity contribution < 1.29 is 10.0 Å². The highest BCUT2D eigenvalue weighted by molar-refractivity contribution is 6.74. The van der Waals surface area contributed by atoms with Crippen molar-refractivity contribution in [1.82, 2.24) is 20.0 Å². The van der Waals surface area contributed by atoms with Gasteiger partial charge in [0, 0.05) is 12.2 Å². The Bertz CT molecular complexity index is 708. The standard InChI is InChI=1S/C13H19N5O3Si/c1-9-11(18(20)21)6-5-10(14-9)13-12(7-19)17(16-15-13)8-22(2,3)4/h5-6,19H,7-8H2,1-4H3. The van der Waals surface area contributed by atoms with Crippen LogP contribution < -0.4 is 0 Å². The summed E-state index contributed by atoms with van der Waals surface area (Å²) < 4.78 is 1.71. The van der Waals surface area contributed by atoms with Crippen LogP contribution in [0.1, 0.15) is 11.4 Å². The molecular weight excluding hydrogens is 302 g/mol. The van der Waals surface area contributed by atoms with Crippen LogP contribution in [-0.2, 0) is 12.8 Å². The summed E-state index contributed by atoms with van der Waals surface area (Å²) in [4.78, 5) is 14.6. The van der Waals surface area contributed by atoms with Crippen molar-refractivity contribution in [3.63, 3.8) is 0 Å². The molecule has 8 nitrogen and oxygen atoms in total. The molecule has 0 bridgehead atoms. The second kappa shape index (κ2) is 5.93. The molecule has 2 aromatic heterocycles. The Labute approximate surface area is 129 Å². The van der Waals surface area contributed by atoms with Crippen LogP contribution in [0.3, 0.4) is 0 Å². The van der Waals surface area contributed by atoms with Crippen molar-refractivity contribution in [2.45, 2.75) is 39.3 Å². The van der Waals surface area contributed by atoms with E-state index in [4.69, 9.17) is 0 Å². The third kappa shape index (κ3) is 3.36. The molecule has 0 fully saturated rings. The van der Waals surface area contributed by atoms with Crippen LogP contribution in [-0.4, -0.2) is 38.1 Å². The second-order valence-electron chi connectivity index (χ2n) is 6.32. The number of rotatable bonds is 5. The number of hydrogen-bond acceptors (Lipinski definition) is 6. The van der Waals surface area contributed by atoms with Crippen molar-refractivity contribution >= 4 is 13.8 Å². The van der Waals surface area contributed by atoms with Crippen LogP contribution >= 0.6 is 0 Å². The molecule has 0 radical (unpaired) electrons. The molecule has 0 aliphatic heterocycles. The molecule has 22 heavy (non-hydrogen) atoms. The zero-order valence-corrected chi connectivity index (χ0v) is 14.1. The number of aromatic nitrogens is 4. The van der Waals surface area contributed by atoms with Gasteiger partial charge in [-0.3, -0.25) is 10.1 Å². The number of aryl methyl sites for hydroxylation is 1. The molecule has 0 atom stereocenters. The summed E-state index contributed by atoms with van der Waals surface area (Å²) in [5.74, 6) is 0. The first-order valence-electron chi connectivity index (χ1n) is 6.88. The predicted octanol–water partition coefficient (Wildman–Crippen LogP) is 1.93. The molecule has 2 heterocycles. The maximum absolute atomic E-state index is 10.9. The van der Waals surface area contributed by atoms with Gasteiger partial charge in [0.2, 0.25) is 0 Å². The lowest BCUT2D eigenvalue weighted by atomic mass is 10.2. The van der Waals surface area contributed by atoms with Crippen LogP contribution in [0.25, 0.3) is 11.4 Å². The van der Waals surface area contributed by atoms with Gasteiger partial charge < -0.3 is 5.11 Å². The summed E-state index contributed by atoms with van der Waals surface area (Å²) in [7, 11) is -1.43. The average Bonchev–Trinajstić information content (AvgIpc) is 2.78. The largest absolute Gasteiger partial charge is 0.390 e. The molecule has 1 N–H and O–H groups in total. The third-order valence-electron chi connectivity index (χ3n) is 3.11. The Kier molecular flexibility index (Phi) is 4.38. The molecule has 0 aliphatic rings. The minimum atomic E-state index is -1.43. The monoisotopic (exact) mass is 321 g/mol. The van der Waals surface area contributed by atoms with Gasteiger partial charge in [-0.1, -0.05) is 24.9 Å². The van der Waals surface area contributed by atoms with Gasteiger partial charge in [0.1, 0.15) is 11.4 Å². The van der Waals surface area contributed by atoms with Gasteiger partial charge in [-0.15, -0.1) is 5.10 Å². The molecule has 0 saturated carbocycles. The summed E-state index contributed by atoms with van der Waals surface area (Å²) in [6.07, 6.45) is 0.738. The lowest BCUT2D eigenvalue weighted by Crippen LogP contribution is -2.29. The van der Waals surface area contributed by atoms with Crippen LogP contribution in [0.4, 0.5) is 5.69 Å². The Morgan fingerprint density at radius 3 is 2.55 bits per heavy atom. The normalized spacial score (nSPS) is 11.7. The van der Waals surface area contributed by atoms with Gasteiger partial charge in [-0.2, -0.15) is 0 Å². The van der Waals surface area contributed by atoms with Gasteiger partial charge in [-0.25, -0.2) is 9.67 Å². The fourth-order valence-corrected chi connectivity index (χ4v) is 3.30. The number of hydrogen-bond donors (Lipinski definition) is 1. The Morgan fingerprint density at radius 1 is 1.36 bits per heavy atom. The Morgan fingerprint density at radius 2 is 2.05 bits per heavy atom. The molecular formula is C13H19N5O3Si. The summed E-state index contributed by atoms with van der Waals surface area (Å²) in [6, 6.07) is 2.93. The SMILES string of the molecule is Cc1nc(-c2nnn(C[Si](C)(C)C)c2CO)ccc1[N+](=O)[O-]. The number of aliphatic hydroxyl groups excluding tert-OH is 1. The van der Waals surface area contributed by atoms with Crippen molar-refractivity contribution in [2.24, 2.45) is 0 Å². The number of aliphatic hydroxyl groups is 1. The summed E-state index contributed by atoms with van der Waals surface area (Å²) in [6.45, 7) is 7.97. The van der Waals surface area contributed by atoms with E-state index in [1.54, 1.807) is 11.6 Å². The smallest absolute Gasteiger partial charge is 0.290 e. The summed E-state index contributed by atoms with van der Waals surface area (Å²) in [5, 5.41) is 28.7. The van der Waals surface area contributed by atoms with Gasteiger partial charge in [0.05, 0.1) is 31.0 Å². The average molecular weight is 321 g/mol. The summed E-state index contributed by atoms with van der Waals surface area (Å²) in [5.41, 5.74) is 1.81. The highest BCUT2D eigenvalue weighted by Gasteiger charge is 2.22.